The molecule has 2 rings (SSSR count). The SMILES string of the molecule is CC1(CNCc2ccccc2C#N)CC1. The van der Waals surface area contributed by atoms with E-state index in [0.717, 1.165) is 24.2 Å². The second kappa shape index (κ2) is 4.04. The fourth-order valence-corrected chi connectivity index (χ4v) is 1.67. The number of rotatable bonds is 4. The minimum atomic E-state index is 0.529. The molecule has 0 heterocycles. The fourth-order valence-electron chi connectivity index (χ4n) is 1.67. The molecule has 0 amide bonds. The van der Waals surface area contributed by atoms with Crippen molar-refractivity contribution in [1.82, 2.24) is 5.32 Å². The van der Waals surface area contributed by atoms with E-state index in [0.29, 0.717) is 5.41 Å². The van der Waals surface area contributed by atoms with E-state index in [-0.39, 0.29) is 0 Å². The highest BCUT2D eigenvalue weighted by molar-refractivity contribution is 5.37. The maximum absolute atomic E-state index is 8.91. The van der Waals surface area contributed by atoms with Gasteiger partial charge in [-0.25, -0.2) is 0 Å². The molecule has 0 unspecified atom stereocenters. The third-order valence-electron chi connectivity index (χ3n) is 3.11. The van der Waals surface area contributed by atoms with Crippen LogP contribution in [0.1, 0.15) is 30.9 Å². The van der Waals surface area contributed by atoms with E-state index < -0.39 is 0 Å². The Morgan fingerprint density at radius 3 is 2.80 bits per heavy atom. The summed E-state index contributed by atoms with van der Waals surface area (Å²) in [4.78, 5) is 0. The largest absolute Gasteiger partial charge is 0.312 e. The Morgan fingerprint density at radius 2 is 2.13 bits per heavy atom. The Kier molecular flexibility index (Phi) is 2.75. The summed E-state index contributed by atoms with van der Waals surface area (Å²) in [6.45, 7) is 4.17. The molecule has 1 aromatic carbocycles. The van der Waals surface area contributed by atoms with Gasteiger partial charge in [-0.3, -0.25) is 0 Å². The van der Waals surface area contributed by atoms with Gasteiger partial charge in [-0.05, 0) is 29.9 Å². The van der Waals surface area contributed by atoms with Crippen LogP contribution in [-0.2, 0) is 6.54 Å². The maximum Gasteiger partial charge on any atom is 0.0995 e. The highest BCUT2D eigenvalue weighted by Crippen LogP contribution is 2.44. The predicted molar refractivity (Wildman–Crippen MR) is 60.2 cm³/mol. The Labute approximate surface area is 90.9 Å². The molecule has 0 spiro atoms. The van der Waals surface area contributed by atoms with E-state index in [9.17, 15) is 0 Å². The molecule has 0 atom stereocenters. The molecule has 78 valence electrons. The summed E-state index contributed by atoms with van der Waals surface area (Å²) in [6, 6.07) is 9.99. The maximum atomic E-state index is 8.91. The topological polar surface area (TPSA) is 35.8 Å². The van der Waals surface area contributed by atoms with Crippen molar-refractivity contribution >= 4 is 0 Å². The van der Waals surface area contributed by atoms with Crippen molar-refractivity contribution in [2.45, 2.75) is 26.3 Å². The average Bonchev–Trinajstić information content (AvgIpc) is 2.97. The van der Waals surface area contributed by atoms with E-state index >= 15 is 0 Å². The number of hydrogen-bond acceptors (Lipinski definition) is 2. The minimum absolute atomic E-state index is 0.529. The van der Waals surface area contributed by atoms with Crippen molar-refractivity contribution in [2.75, 3.05) is 6.54 Å². The van der Waals surface area contributed by atoms with E-state index in [2.05, 4.69) is 18.3 Å². The summed E-state index contributed by atoms with van der Waals surface area (Å²) in [5, 5.41) is 12.3. The zero-order valence-electron chi connectivity index (χ0n) is 9.09. The Morgan fingerprint density at radius 1 is 1.40 bits per heavy atom. The first-order chi connectivity index (χ1) is 7.23. The summed E-state index contributed by atoms with van der Waals surface area (Å²) in [6.07, 6.45) is 2.67. The predicted octanol–water partition coefficient (Wildman–Crippen LogP) is 2.45. The zero-order valence-corrected chi connectivity index (χ0v) is 9.09. The van der Waals surface area contributed by atoms with Crippen LogP contribution in [0.4, 0.5) is 0 Å². The van der Waals surface area contributed by atoms with Crippen LogP contribution in [0.3, 0.4) is 0 Å². The number of benzene rings is 1. The van der Waals surface area contributed by atoms with Gasteiger partial charge < -0.3 is 5.32 Å². The molecular weight excluding hydrogens is 184 g/mol. The highest BCUT2D eigenvalue weighted by Gasteiger charge is 2.36. The van der Waals surface area contributed by atoms with Crippen LogP contribution < -0.4 is 5.32 Å². The smallest absolute Gasteiger partial charge is 0.0995 e. The van der Waals surface area contributed by atoms with Crippen LogP contribution in [0.25, 0.3) is 0 Å². The van der Waals surface area contributed by atoms with E-state index in [4.69, 9.17) is 5.26 Å². The summed E-state index contributed by atoms with van der Waals surface area (Å²) < 4.78 is 0. The number of hydrogen-bond donors (Lipinski definition) is 1. The number of nitrogens with one attached hydrogen (secondary N) is 1. The highest BCUT2D eigenvalue weighted by atomic mass is 14.9. The van der Waals surface area contributed by atoms with Crippen molar-refractivity contribution in [1.29, 1.82) is 5.26 Å². The van der Waals surface area contributed by atoms with Gasteiger partial charge in [-0.1, -0.05) is 25.1 Å². The van der Waals surface area contributed by atoms with Crippen molar-refractivity contribution in [2.24, 2.45) is 5.41 Å². The molecule has 0 bridgehead atoms. The second-order valence-corrected chi connectivity index (χ2v) is 4.68. The minimum Gasteiger partial charge on any atom is -0.312 e. The molecule has 0 aliphatic heterocycles. The third-order valence-corrected chi connectivity index (χ3v) is 3.11. The Bertz CT molecular complexity index is 386. The van der Waals surface area contributed by atoms with Gasteiger partial charge in [0.25, 0.3) is 0 Å². The standard InChI is InChI=1S/C13H16N2/c1-13(6-7-13)10-15-9-12-5-3-2-4-11(12)8-14/h2-5,15H,6-7,9-10H2,1H3. The van der Waals surface area contributed by atoms with Gasteiger partial charge in [0, 0.05) is 13.1 Å². The summed E-state index contributed by atoms with van der Waals surface area (Å²) >= 11 is 0. The molecule has 1 N–H and O–H groups in total. The molecule has 1 aromatic rings. The van der Waals surface area contributed by atoms with Crippen LogP contribution in [0.15, 0.2) is 24.3 Å². The van der Waals surface area contributed by atoms with Gasteiger partial charge in [-0.2, -0.15) is 5.26 Å². The molecule has 1 fully saturated rings. The first-order valence-electron chi connectivity index (χ1n) is 5.42. The molecule has 1 aliphatic rings. The molecule has 0 radical (unpaired) electrons. The molecule has 2 heteroatoms. The van der Waals surface area contributed by atoms with Crippen molar-refractivity contribution < 1.29 is 0 Å². The van der Waals surface area contributed by atoms with Gasteiger partial charge in [0.2, 0.25) is 0 Å². The summed E-state index contributed by atoms with van der Waals surface area (Å²) in [5.41, 5.74) is 2.41. The van der Waals surface area contributed by atoms with Crippen LogP contribution in [0, 0.1) is 16.7 Å². The molecule has 0 saturated heterocycles. The lowest BCUT2D eigenvalue weighted by Gasteiger charge is -2.10. The van der Waals surface area contributed by atoms with Crippen molar-refractivity contribution in [3.63, 3.8) is 0 Å². The summed E-state index contributed by atoms with van der Waals surface area (Å²) in [5.74, 6) is 0. The number of nitrogens with zero attached hydrogens (tertiary/aromatic N) is 1. The normalized spacial score (nSPS) is 17.1. The average molecular weight is 200 g/mol. The first-order valence-corrected chi connectivity index (χ1v) is 5.42. The molecule has 0 aromatic heterocycles. The quantitative estimate of drug-likeness (QED) is 0.810. The molecular formula is C13H16N2. The lowest BCUT2D eigenvalue weighted by atomic mass is 10.1. The monoisotopic (exact) mass is 200 g/mol. The molecule has 15 heavy (non-hydrogen) atoms. The fraction of sp³-hybridized carbons (Fsp3) is 0.462. The van der Waals surface area contributed by atoms with Crippen molar-refractivity contribution in [3.8, 4) is 6.07 Å². The van der Waals surface area contributed by atoms with E-state index in [1.807, 2.05) is 24.3 Å². The Balaban J connectivity index is 1.90. The lowest BCUT2D eigenvalue weighted by molar-refractivity contribution is 0.499. The Hall–Kier alpha value is -1.33. The molecule has 1 saturated carbocycles. The first kappa shape index (κ1) is 10.2. The van der Waals surface area contributed by atoms with Crippen LogP contribution in [0.2, 0.25) is 0 Å². The van der Waals surface area contributed by atoms with Crippen LogP contribution >= 0.6 is 0 Å². The van der Waals surface area contributed by atoms with Crippen molar-refractivity contribution in [3.05, 3.63) is 35.4 Å². The van der Waals surface area contributed by atoms with Crippen LogP contribution in [-0.4, -0.2) is 6.54 Å². The number of nitriles is 1. The second-order valence-electron chi connectivity index (χ2n) is 4.68. The van der Waals surface area contributed by atoms with Gasteiger partial charge in [0.05, 0.1) is 11.6 Å². The van der Waals surface area contributed by atoms with Gasteiger partial charge in [0.15, 0.2) is 0 Å². The van der Waals surface area contributed by atoms with Gasteiger partial charge >= 0.3 is 0 Å². The molecule has 1 aliphatic carbocycles. The lowest BCUT2D eigenvalue weighted by Crippen LogP contribution is -2.21. The van der Waals surface area contributed by atoms with Crippen LogP contribution in [0.5, 0.6) is 0 Å². The van der Waals surface area contributed by atoms with E-state index in [1.165, 1.54) is 12.8 Å². The van der Waals surface area contributed by atoms with E-state index in [1.54, 1.807) is 0 Å². The van der Waals surface area contributed by atoms with Gasteiger partial charge in [0.1, 0.15) is 0 Å². The molecule has 2 nitrogen and oxygen atoms in total. The zero-order chi connectivity index (χ0) is 10.7. The van der Waals surface area contributed by atoms with Gasteiger partial charge in [-0.15, -0.1) is 0 Å². The summed E-state index contributed by atoms with van der Waals surface area (Å²) in [7, 11) is 0. The third kappa shape index (κ3) is 2.57.